The van der Waals surface area contributed by atoms with Gasteiger partial charge in [-0.2, -0.15) is 0 Å². The summed E-state index contributed by atoms with van der Waals surface area (Å²) in [6.07, 6.45) is 2.27. The lowest BCUT2D eigenvalue weighted by Crippen LogP contribution is -2.21. The Hall–Kier alpha value is -2.82. The van der Waals surface area contributed by atoms with Gasteiger partial charge < -0.3 is 21.4 Å². The highest BCUT2D eigenvalue weighted by Gasteiger charge is 2.12. The normalized spacial score (nSPS) is 10.4. The number of nitrogens with one attached hydrogen (secondary N) is 3. The zero-order valence-electron chi connectivity index (χ0n) is 16.2. The monoisotopic (exact) mass is 426 g/mol. The number of alkyl halides is 1. The fraction of sp³-hybridized carbons (Fsp3) is 0.130. The summed E-state index contributed by atoms with van der Waals surface area (Å²) in [6, 6.07) is 20.4. The van der Waals surface area contributed by atoms with Crippen LogP contribution in [0.2, 0.25) is 5.02 Å². The van der Waals surface area contributed by atoms with Crippen molar-refractivity contribution in [3.05, 3.63) is 83.6 Å². The van der Waals surface area contributed by atoms with Crippen molar-refractivity contribution >= 4 is 56.4 Å². The molecule has 29 heavy (non-hydrogen) atoms. The third-order valence-corrected chi connectivity index (χ3v) is 4.89. The average Bonchev–Trinajstić information content (AvgIpc) is 3.11. The van der Waals surface area contributed by atoms with E-state index in [2.05, 4.69) is 64.1 Å². The molecule has 0 aliphatic carbocycles. The molecule has 4 nitrogen and oxygen atoms in total. The van der Waals surface area contributed by atoms with Crippen molar-refractivity contribution in [2.75, 3.05) is 18.2 Å². The average molecular weight is 427 g/mol. The van der Waals surface area contributed by atoms with E-state index >= 15 is 0 Å². The molecule has 0 spiro atoms. The summed E-state index contributed by atoms with van der Waals surface area (Å²) in [5, 5.41) is 9.79. The second-order valence-corrected chi connectivity index (χ2v) is 6.96. The van der Waals surface area contributed by atoms with Crippen LogP contribution in [0.5, 0.6) is 0 Å². The van der Waals surface area contributed by atoms with Crippen LogP contribution in [0.4, 0.5) is 11.4 Å². The molecule has 5 N–H and O–H groups in total. The Bertz CT molecular complexity index is 1120. The molecule has 0 fully saturated rings. The zero-order valence-corrected chi connectivity index (χ0v) is 17.7. The molecule has 1 aromatic heterocycles. The maximum atomic E-state index is 6.01. The molecule has 0 aliphatic rings. The van der Waals surface area contributed by atoms with Gasteiger partial charge in [0.05, 0.1) is 11.3 Å². The fourth-order valence-corrected chi connectivity index (χ4v) is 3.52. The summed E-state index contributed by atoms with van der Waals surface area (Å²) in [7, 11) is 0. The van der Waals surface area contributed by atoms with Crippen LogP contribution in [0.1, 0.15) is 5.56 Å². The highest BCUT2D eigenvalue weighted by atomic mass is 35.5. The van der Waals surface area contributed by atoms with E-state index in [1.54, 1.807) is 0 Å². The third-order valence-electron chi connectivity index (χ3n) is 4.64. The first kappa shape index (κ1) is 20.9. The molecule has 0 unspecified atom stereocenters. The van der Waals surface area contributed by atoms with E-state index in [4.69, 9.17) is 17.3 Å². The largest absolute Gasteiger partial charge is 0.386 e. The van der Waals surface area contributed by atoms with Crippen molar-refractivity contribution in [3.63, 3.8) is 0 Å². The van der Waals surface area contributed by atoms with Gasteiger partial charge in [-0.1, -0.05) is 42.4 Å². The van der Waals surface area contributed by atoms with Gasteiger partial charge in [0.15, 0.2) is 0 Å². The number of nitrogens with two attached hydrogens (primary N) is 1. The van der Waals surface area contributed by atoms with E-state index in [1.807, 2.05) is 30.3 Å². The Labute approximate surface area is 180 Å². The summed E-state index contributed by atoms with van der Waals surface area (Å²) >= 11 is 10.6. The standard InChI is InChI=1S/C22H21ClN4.CH3Cl/c1-14(24)25-13-12-19-21(26-16-8-6-15(23)7-9-16)11-10-18-17-4-2-3-5-20(17)27-22(18)19;1-2/h2-11,25-27H,1,12-13,24H2;1H3. The van der Waals surface area contributed by atoms with Crippen LogP contribution in [0, 0.1) is 0 Å². The Morgan fingerprint density at radius 2 is 1.72 bits per heavy atom. The summed E-state index contributed by atoms with van der Waals surface area (Å²) in [5.74, 6) is 0.478. The molecule has 0 atom stereocenters. The molecular formula is C23H24Cl2N4. The predicted molar refractivity (Wildman–Crippen MR) is 127 cm³/mol. The molecule has 150 valence electrons. The minimum absolute atomic E-state index is 0.478. The number of benzene rings is 3. The predicted octanol–water partition coefficient (Wildman–Crippen LogP) is 6.14. The molecule has 4 aromatic rings. The molecule has 6 heteroatoms. The second kappa shape index (κ2) is 9.59. The van der Waals surface area contributed by atoms with Crippen molar-refractivity contribution < 1.29 is 0 Å². The van der Waals surface area contributed by atoms with Gasteiger partial charge in [-0.05, 0) is 42.8 Å². The van der Waals surface area contributed by atoms with Crippen LogP contribution < -0.4 is 16.4 Å². The molecule has 0 saturated carbocycles. The number of H-pyrrole nitrogens is 1. The number of para-hydroxylation sites is 1. The lowest BCUT2D eigenvalue weighted by molar-refractivity contribution is 0.785. The maximum absolute atomic E-state index is 6.01. The van der Waals surface area contributed by atoms with E-state index in [-0.39, 0.29) is 0 Å². The fourth-order valence-electron chi connectivity index (χ4n) is 3.39. The zero-order chi connectivity index (χ0) is 20.8. The number of halogens is 2. The summed E-state index contributed by atoms with van der Waals surface area (Å²) in [5.41, 5.74) is 11.2. The van der Waals surface area contributed by atoms with Crippen molar-refractivity contribution in [1.82, 2.24) is 10.3 Å². The second-order valence-electron chi connectivity index (χ2n) is 6.52. The smallest absolute Gasteiger partial charge is 0.0885 e. The molecule has 3 aromatic carbocycles. The van der Waals surface area contributed by atoms with Gasteiger partial charge in [-0.15, -0.1) is 11.6 Å². The van der Waals surface area contributed by atoms with Gasteiger partial charge in [0.1, 0.15) is 0 Å². The van der Waals surface area contributed by atoms with Gasteiger partial charge in [0.2, 0.25) is 0 Å². The lowest BCUT2D eigenvalue weighted by Gasteiger charge is -2.14. The van der Waals surface area contributed by atoms with Crippen molar-refractivity contribution in [1.29, 1.82) is 0 Å². The van der Waals surface area contributed by atoms with Crippen molar-refractivity contribution in [2.45, 2.75) is 6.42 Å². The Morgan fingerprint density at radius 3 is 2.45 bits per heavy atom. The van der Waals surface area contributed by atoms with E-state index in [0.717, 1.165) is 33.9 Å². The molecule has 4 rings (SSSR count). The third kappa shape index (κ3) is 4.78. The van der Waals surface area contributed by atoms with Crippen LogP contribution in [-0.2, 0) is 6.42 Å². The van der Waals surface area contributed by atoms with E-state index in [1.165, 1.54) is 22.7 Å². The van der Waals surface area contributed by atoms with E-state index in [0.29, 0.717) is 12.4 Å². The summed E-state index contributed by atoms with van der Waals surface area (Å²) in [4.78, 5) is 3.58. The van der Waals surface area contributed by atoms with Crippen LogP contribution in [0.3, 0.4) is 0 Å². The van der Waals surface area contributed by atoms with E-state index in [9.17, 15) is 0 Å². The number of aromatic amines is 1. The van der Waals surface area contributed by atoms with Gasteiger partial charge >= 0.3 is 0 Å². The van der Waals surface area contributed by atoms with Crippen molar-refractivity contribution in [2.24, 2.45) is 5.73 Å². The van der Waals surface area contributed by atoms with Crippen molar-refractivity contribution in [3.8, 4) is 0 Å². The Kier molecular flexibility index (Phi) is 6.91. The Balaban J connectivity index is 0.00000117. The quantitative estimate of drug-likeness (QED) is 0.280. The molecule has 0 amide bonds. The minimum Gasteiger partial charge on any atom is -0.386 e. The maximum Gasteiger partial charge on any atom is 0.0885 e. The minimum atomic E-state index is 0.478. The summed E-state index contributed by atoms with van der Waals surface area (Å²) in [6.45, 7) is 4.42. The number of fused-ring (bicyclic) bond motifs is 3. The topological polar surface area (TPSA) is 65.9 Å². The van der Waals surface area contributed by atoms with Gasteiger partial charge in [0.25, 0.3) is 0 Å². The molecule has 0 saturated heterocycles. The molecule has 1 heterocycles. The number of rotatable bonds is 6. The first-order chi connectivity index (χ1) is 14.1. The van der Waals surface area contributed by atoms with Gasteiger partial charge in [-0.25, -0.2) is 0 Å². The molecule has 0 radical (unpaired) electrons. The molecule has 0 bridgehead atoms. The highest BCUT2D eigenvalue weighted by Crippen LogP contribution is 2.33. The van der Waals surface area contributed by atoms with Crippen LogP contribution in [0.15, 0.2) is 73.1 Å². The molecular weight excluding hydrogens is 403 g/mol. The summed E-state index contributed by atoms with van der Waals surface area (Å²) < 4.78 is 0. The SMILES string of the molecule is C=C(N)NCCc1c(Nc2ccc(Cl)cc2)ccc2c1[nH]c1ccccc12.CCl. The number of aromatic nitrogens is 1. The lowest BCUT2D eigenvalue weighted by atomic mass is 10.0. The first-order valence-corrected chi connectivity index (χ1v) is 10.4. The van der Waals surface area contributed by atoms with E-state index < -0.39 is 0 Å². The number of anilines is 2. The number of hydrogen-bond donors (Lipinski definition) is 4. The van der Waals surface area contributed by atoms with Gasteiger partial charge in [0, 0.05) is 51.2 Å². The highest BCUT2D eigenvalue weighted by molar-refractivity contribution is 6.30. The molecule has 0 aliphatic heterocycles. The van der Waals surface area contributed by atoms with Crippen LogP contribution in [-0.4, -0.2) is 17.9 Å². The first-order valence-electron chi connectivity index (χ1n) is 9.23. The van der Waals surface area contributed by atoms with Gasteiger partial charge in [-0.3, -0.25) is 0 Å². The number of hydrogen-bond acceptors (Lipinski definition) is 3. The van der Waals surface area contributed by atoms with Crippen LogP contribution in [0.25, 0.3) is 21.8 Å². The van der Waals surface area contributed by atoms with Crippen LogP contribution >= 0.6 is 23.2 Å². The Morgan fingerprint density at radius 1 is 1.00 bits per heavy atom.